The normalized spacial score (nSPS) is 39.1. The fourth-order valence-corrected chi connectivity index (χ4v) is 2.33. The molecule has 0 aliphatic carbocycles. The van der Waals surface area contributed by atoms with Gasteiger partial charge in [0, 0.05) is 6.04 Å². The maximum Gasteiger partial charge on any atom is 0.130 e. The van der Waals surface area contributed by atoms with E-state index < -0.39 is 0 Å². The number of nitrogens with zero attached hydrogens (tertiary/aromatic N) is 1. The Morgan fingerprint density at radius 2 is 1.80 bits per heavy atom. The highest BCUT2D eigenvalue weighted by atomic mass is 15.2. The predicted molar refractivity (Wildman–Crippen MR) is 46.0 cm³/mol. The molecule has 3 rings (SSSR count). The molecule has 2 atom stereocenters. The van der Waals surface area contributed by atoms with E-state index in [1.165, 1.54) is 26.8 Å². The van der Waals surface area contributed by atoms with E-state index in [2.05, 4.69) is 18.7 Å². The minimum absolute atomic E-state index is 0.783. The lowest BCUT2D eigenvalue weighted by atomic mass is 9.38. The molecule has 3 heterocycles. The molecule has 0 aromatic rings. The second kappa shape index (κ2) is 2.26. The molecule has 1 nitrogen and oxygen atoms in total. The molecule has 0 amide bonds. The first-order chi connectivity index (χ1) is 4.75. The number of hydrogen-bond acceptors (Lipinski definition) is 1. The van der Waals surface area contributed by atoms with Gasteiger partial charge in [-0.25, -0.2) is 0 Å². The van der Waals surface area contributed by atoms with Crippen LogP contribution in [0, 0.1) is 0 Å². The lowest BCUT2D eigenvalue weighted by Gasteiger charge is -2.48. The zero-order valence-corrected chi connectivity index (χ0v) is 7.01. The molecule has 10 heavy (non-hydrogen) atoms. The van der Waals surface area contributed by atoms with E-state index in [1.807, 2.05) is 0 Å². The van der Waals surface area contributed by atoms with Crippen LogP contribution in [-0.4, -0.2) is 31.3 Å². The highest BCUT2D eigenvalue weighted by Crippen LogP contribution is 2.41. The van der Waals surface area contributed by atoms with E-state index in [0.29, 0.717) is 0 Å². The molecule has 0 aromatic heterocycles. The molecule has 3 aliphatic heterocycles. The van der Waals surface area contributed by atoms with E-state index in [1.54, 1.807) is 0 Å². The standard InChI is InChI=1S/C8H16BN/c1-6(2)10-4-7-3-8(5-10)9-7/h6-9H,3-5H2,1-2H3. The third kappa shape index (κ3) is 0.988. The molecule has 3 fully saturated rings. The SMILES string of the molecule is CC(C)N1CC2BC(C2)C1. The molecule has 2 unspecified atom stereocenters. The number of fused-ring (bicyclic) bond motifs is 2. The Bertz CT molecular complexity index is 119. The third-order valence-corrected chi connectivity index (χ3v) is 3.05. The van der Waals surface area contributed by atoms with E-state index >= 15 is 0 Å². The third-order valence-electron chi connectivity index (χ3n) is 3.05. The predicted octanol–water partition coefficient (Wildman–Crippen LogP) is 1.13. The molecule has 0 saturated carbocycles. The van der Waals surface area contributed by atoms with E-state index in [4.69, 9.17) is 0 Å². The van der Waals surface area contributed by atoms with Crippen LogP contribution in [-0.2, 0) is 0 Å². The second-order valence-corrected chi connectivity index (χ2v) is 4.25. The topological polar surface area (TPSA) is 3.24 Å². The smallest absolute Gasteiger partial charge is 0.130 e. The molecule has 0 radical (unpaired) electrons. The fraction of sp³-hybridized carbons (Fsp3) is 1.00. The quantitative estimate of drug-likeness (QED) is 0.489. The summed E-state index contributed by atoms with van der Waals surface area (Å²) in [7, 11) is 1.53. The molecular formula is C8H16BN. The van der Waals surface area contributed by atoms with Gasteiger partial charge in [0.1, 0.15) is 7.28 Å². The van der Waals surface area contributed by atoms with Crippen molar-refractivity contribution in [2.75, 3.05) is 13.1 Å². The van der Waals surface area contributed by atoms with Gasteiger partial charge in [-0.2, -0.15) is 0 Å². The van der Waals surface area contributed by atoms with Crippen LogP contribution in [0.1, 0.15) is 20.3 Å². The van der Waals surface area contributed by atoms with Gasteiger partial charge in [0.2, 0.25) is 0 Å². The van der Waals surface area contributed by atoms with Crippen molar-refractivity contribution in [2.24, 2.45) is 0 Å². The lowest BCUT2D eigenvalue weighted by Crippen LogP contribution is -2.50. The summed E-state index contributed by atoms with van der Waals surface area (Å²) in [5.74, 6) is 2.14. The maximum atomic E-state index is 2.63. The summed E-state index contributed by atoms with van der Waals surface area (Å²) in [5, 5.41) is 0. The monoisotopic (exact) mass is 137 g/mol. The number of hydrogen-bond donors (Lipinski definition) is 0. The summed E-state index contributed by atoms with van der Waals surface area (Å²) in [6, 6.07) is 0.783. The molecule has 0 N–H and O–H groups in total. The first-order valence-electron chi connectivity index (χ1n) is 4.49. The fourth-order valence-electron chi connectivity index (χ4n) is 2.33. The van der Waals surface area contributed by atoms with Crippen LogP contribution in [0.5, 0.6) is 0 Å². The number of piperidine rings is 1. The average Bonchev–Trinajstić information content (AvgIpc) is 1.86. The Kier molecular flexibility index (Phi) is 1.52. The van der Waals surface area contributed by atoms with Gasteiger partial charge >= 0.3 is 0 Å². The molecule has 0 aromatic carbocycles. The first kappa shape index (κ1) is 6.72. The van der Waals surface area contributed by atoms with Gasteiger partial charge in [-0.1, -0.05) is 18.1 Å². The van der Waals surface area contributed by atoms with Gasteiger partial charge in [-0.3, -0.25) is 0 Å². The summed E-state index contributed by atoms with van der Waals surface area (Å²) < 4.78 is 0. The van der Waals surface area contributed by atoms with Crippen molar-refractivity contribution in [1.82, 2.24) is 4.90 Å². The van der Waals surface area contributed by atoms with Crippen LogP contribution in [0.4, 0.5) is 0 Å². The summed E-state index contributed by atoms with van der Waals surface area (Å²) in [6.07, 6.45) is 1.53. The summed E-state index contributed by atoms with van der Waals surface area (Å²) in [5.41, 5.74) is 0. The second-order valence-electron chi connectivity index (χ2n) is 4.25. The van der Waals surface area contributed by atoms with Gasteiger partial charge in [0.15, 0.2) is 0 Å². The van der Waals surface area contributed by atoms with E-state index in [9.17, 15) is 0 Å². The van der Waals surface area contributed by atoms with Crippen LogP contribution < -0.4 is 0 Å². The van der Waals surface area contributed by atoms with Crippen LogP contribution in [0.25, 0.3) is 0 Å². The Balaban J connectivity index is 1.91. The van der Waals surface area contributed by atoms with Gasteiger partial charge in [0.05, 0.1) is 0 Å². The summed E-state index contributed by atoms with van der Waals surface area (Å²) >= 11 is 0. The van der Waals surface area contributed by atoms with Gasteiger partial charge in [-0.15, -0.1) is 0 Å². The van der Waals surface area contributed by atoms with E-state index in [-0.39, 0.29) is 0 Å². The van der Waals surface area contributed by atoms with Crippen LogP contribution in [0.3, 0.4) is 0 Å². The van der Waals surface area contributed by atoms with Crippen molar-refractivity contribution in [3.05, 3.63) is 0 Å². The maximum absolute atomic E-state index is 2.63. The largest absolute Gasteiger partial charge is 0.302 e. The molecule has 3 saturated heterocycles. The zero-order valence-electron chi connectivity index (χ0n) is 7.01. The molecule has 56 valence electrons. The van der Waals surface area contributed by atoms with Gasteiger partial charge < -0.3 is 4.90 Å². The molecule has 3 aliphatic rings. The summed E-state index contributed by atoms with van der Waals surface area (Å²) in [4.78, 5) is 2.63. The Morgan fingerprint density at radius 3 is 2.10 bits per heavy atom. The van der Waals surface area contributed by atoms with Crippen molar-refractivity contribution in [3.63, 3.8) is 0 Å². The zero-order chi connectivity index (χ0) is 7.14. The van der Waals surface area contributed by atoms with Crippen molar-refractivity contribution in [2.45, 2.75) is 37.9 Å². The Labute approximate surface area is 64.0 Å². The minimum Gasteiger partial charge on any atom is -0.302 e. The lowest BCUT2D eigenvalue weighted by molar-refractivity contribution is 0.164. The van der Waals surface area contributed by atoms with E-state index in [0.717, 1.165) is 17.7 Å². The van der Waals surface area contributed by atoms with Crippen molar-refractivity contribution >= 4 is 7.28 Å². The van der Waals surface area contributed by atoms with Crippen molar-refractivity contribution in [3.8, 4) is 0 Å². The van der Waals surface area contributed by atoms with Crippen LogP contribution >= 0.6 is 0 Å². The highest BCUT2D eigenvalue weighted by Gasteiger charge is 2.38. The minimum atomic E-state index is 0.783. The Morgan fingerprint density at radius 1 is 1.30 bits per heavy atom. The van der Waals surface area contributed by atoms with Crippen molar-refractivity contribution < 1.29 is 0 Å². The average molecular weight is 137 g/mol. The van der Waals surface area contributed by atoms with Crippen LogP contribution in [0.2, 0.25) is 11.6 Å². The highest BCUT2D eigenvalue weighted by molar-refractivity contribution is 6.44. The van der Waals surface area contributed by atoms with Crippen molar-refractivity contribution in [1.29, 1.82) is 0 Å². The summed E-state index contributed by atoms with van der Waals surface area (Å²) in [6.45, 7) is 7.39. The van der Waals surface area contributed by atoms with Crippen LogP contribution in [0.15, 0.2) is 0 Å². The van der Waals surface area contributed by atoms with Gasteiger partial charge in [-0.05, 0) is 26.9 Å². The molecule has 2 heteroatoms. The molecular weight excluding hydrogens is 121 g/mol. The molecule has 0 spiro atoms. The Hall–Kier alpha value is 0.0249. The molecule has 2 bridgehead atoms. The first-order valence-corrected chi connectivity index (χ1v) is 4.49. The van der Waals surface area contributed by atoms with Gasteiger partial charge in [0.25, 0.3) is 0 Å². The number of rotatable bonds is 1.